The minimum Gasteiger partial charge on any atom is -0.374 e. The van der Waals surface area contributed by atoms with Crippen molar-refractivity contribution in [2.45, 2.75) is 46.1 Å². The van der Waals surface area contributed by atoms with Crippen LogP contribution in [0.15, 0.2) is 42.5 Å². The van der Waals surface area contributed by atoms with Crippen LogP contribution in [0.4, 0.5) is 17.1 Å². The number of rotatable bonds is 5. The molecule has 0 aliphatic carbocycles. The Balaban J connectivity index is 1.58. The molecule has 2 aromatic carbocycles. The zero-order valence-electron chi connectivity index (χ0n) is 16.0. The molecule has 138 valence electrons. The largest absolute Gasteiger partial charge is 0.374 e. The van der Waals surface area contributed by atoms with Crippen LogP contribution in [0.5, 0.6) is 0 Å². The van der Waals surface area contributed by atoms with Gasteiger partial charge in [0.05, 0.1) is 0 Å². The van der Waals surface area contributed by atoms with Crippen molar-refractivity contribution in [2.24, 2.45) is 0 Å². The molecular weight excluding hydrogens is 322 g/mol. The summed E-state index contributed by atoms with van der Waals surface area (Å²) in [5, 5.41) is 6.30. The molecule has 0 saturated carbocycles. The monoisotopic (exact) mass is 351 g/mol. The van der Waals surface area contributed by atoms with Crippen LogP contribution in [0.25, 0.3) is 0 Å². The van der Waals surface area contributed by atoms with Crippen molar-refractivity contribution < 1.29 is 4.79 Å². The summed E-state index contributed by atoms with van der Waals surface area (Å²) in [5.41, 5.74) is 5.38. The summed E-state index contributed by atoms with van der Waals surface area (Å²) in [6.45, 7) is 8.23. The van der Waals surface area contributed by atoms with Crippen LogP contribution >= 0.6 is 0 Å². The van der Waals surface area contributed by atoms with Crippen LogP contribution in [-0.2, 0) is 4.79 Å². The molecule has 4 heteroatoms. The van der Waals surface area contributed by atoms with Gasteiger partial charge in [0, 0.05) is 30.2 Å². The Morgan fingerprint density at radius 3 is 2.35 bits per heavy atom. The van der Waals surface area contributed by atoms with E-state index in [9.17, 15) is 4.79 Å². The lowest BCUT2D eigenvalue weighted by molar-refractivity contribution is -0.116. The summed E-state index contributed by atoms with van der Waals surface area (Å²) in [7, 11) is 0. The molecule has 0 radical (unpaired) electrons. The maximum Gasteiger partial charge on any atom is 0.246 e. The zero-order chi connectivity index (χ0) is 18.5. The fraction of sp³-hybridized carbons (Fsp3) is 0.409. The highest BCUT2D eigenvalue weighted by Gasteiger charge is 2.15. The number of piperidine rings is 1. The van der Waals surface area contributed by atoms with Gasteiger partial charge in [0.1, 0.15) is 6.04 Å². The van der Waals surface area contributed by atoms with Crippen LogP contribution in [0.3, 0.4) is 0 Å². The topological polar surface area (TPSA) is 44.4 Å². The van der Waals surface area contributed by atoms with Gasteiger partial charge in [-0.1, -0.05) is 17.7 Å². The van der Waals surface area contributed by atoms with E-state index in [1.54, 1.807) is 0 Å². The number of nitrogens with one attached hydrogen (secondary N) is 2. The minimum absolute atomic E-state index is 0.0305. The Morgan fingerprint density at radius 1 is 1.00 bits per heavy atom. The van der Waals surface area contributed by atoms with Crippen molar-refractivity contribution >= 4 is 23.0 Å². The van der Waals surface area contributed by atoms with Gasteiger partial charge in [-0.05, 0) is 75.9 Å². The van der Waals surface area contributed by atoms with Gasteiger partial charge >= 0.3 is 0 Å². The lowest BCUT2D eigenvalue weighted by Gasteiger charge is -2.29. The van der Waals surface area contributed by atoms with Gasteiger partial charge in [0.2, 0.25) is 5.91 Å². The predicted octanol–water partition coefficient (Wildman–Crippen LogP) is 4.73. The first-order chi connectivity index (χ1) is 12.5. The summed E-state index contributed by atoms with van der Waals surface area (Å²) >= 11 is 0. The van der Waals surface area contributed by atoms with E-state index in [1.165, 1.54) is 30.5 Å². The number of hydrogen-bond acceptors (Lipinski definition) is 3. The van der Waals surface area contributed by atoms with Crippen LogP contribution in [0.1, 0.15) is 37.3 Å². The molecule has 26 heavy (non-hydrogen) atoms. The predicted molar refractivity (Wildman–Crippen MR) is 110 cm³/mol. The fourth-order valence-electron chi connectivity index (χ4n) is 3.43. The third-order valence-electron chi connectivity index (χ3n) is 5.00. The van der Waals surface area contributed by atoms with Gasteiger partial charge in [-0.2, -0.15) is 0 Å². The first kappa shape index (κ1) is 18.3. The number of amides is 1. The van der Waals surface area contributed by atoms with Crippen molar-refractivity contribution in [1.29, 1.82) is 0 Å². The Hall–Kier alpha value is -2.49. The fourth-order valence-corrected chi connectivity index (χ4v) is 3.43. The van der Waals surface area contributed by atoms with Crippen LogP contribution in [0.2, 0.25) is 0 Å². The molecule has 2 aromatic rings. The zero-order valence-corrected chi connectivity index (χ0v) is 16.0. The van der Waals surface area contributed by atoms with Crippen molar-refractivity contribution in [3.63, 3.8) is 0 Å². The Morgan fingerprint density at radius 2 is 1.69 bits per heavy atom. The number of hydrogen-bond donors (Lipinski definition) is 2. The van der Waals surface area contributed by atoms with Crippen molar-refractivity contribution in [1.82, 2.24) is 0 Å². The first-order valence-electron chi connectivity index (χ1n) is 9.52. The van der Waals surface area contributed by atoms with E-state index in [0.717, 1.165) is 30.0 Å². The molecule has 2 N–H and O–H groups in total. The van der Waals surface area contributed by atoms with Crippen molar-refractivity contribution in [3.05, 3.63) is 53.6 Å². The molecule has 1 fully saturated rings. The molecule has 4 nitrogen and oxygen atoms in total. The molecule has 0 bridgehead atoms. The van der Waals surface area contributed by atoms with Gasteiger partial charge < -0.3 is 15.5 Å². The number of aryl methyl sites for hydroxylation is 2. The average Bonchev–Trinajstić information content (AvgIpc) is 2.65. The SMILES string of the molecule is Cc1ccc(NC(=O)C(C)Nc2ccc(N3CCCCC3)cc2)c(C)c1. The molecule has 1 atom stereocenters. The summed E-state index contributed by atoms with van der Waals surface area (Å²) in [5.74, 6) is -0.0305. The van der Waals surface area contributed by atoms with Crippen LogP contribution < -0.4 is 15.5 Å². The molecule has 1 aliphatic rings. The van der Waals surface area contributed by atoms with Crippen molar-refractivity contribution in [3.8, 4) is 0 Å². The molecular formula is C22H29N3O. The number of anilines is 3. The molecule has 0 aromatic heterocycles. The van der Waals surface area contributed by atoms with E-state index in [1.807, 2.05) is 26.0 Å². The van der Waals surface area contributed by atoms with E-state index in [0.29, 0.717) is 0 Å². The molecule has 1 unspecified atom stereocenters. The molecule has 1 saturated heterocycles. The third kappa shape index (κ3) is 4.57. The van der Waals surface area contributed by atoms with Gasteiger partial charge in [-0.3, -0.25) is 4.79 Å². The second-order valence-corrected chi connectivity index (χ2v) is 7.27. The van der Waals surface area contributed by atoms with E-state index < -0.39 is 0 Å². The normalized spacial score (nSPS) is 15.4. The molecule has 0 spiro atoms. The van der Waals surface area contributed by atoms with E-state index in [2.05, 4.69) is 52.8 Å². The Labute approximate surface area is 156 Å². The lowest BCUT2D eigenvalue weighted by atomic mass is 10.1. The Kier molecular flexibility index (Phi) is 5.82. The minimum atomic E-state index is -0.309. The first-order valence-corrected chi connectivity index (χ1v) is 9.52. The molecule has 1 aliphatic heterocycles. The number of nitrogens with zero attached hydrogens (tertiary/aromatic N) is 1. The number of carbonyl (C=O) groups excluding carboxylic acids is 1. The second-order valence-electron chi connectivity index (χ2n) is 7.27. The molecule has 1 heterocycles. The maximum atomic E-state index is 12.5. The highest BCUT2D eigenvalue weighted by atomic mass is 16.2. The van der Waals surface area contributed by atoms with Gasteiger partial charge in [0.25, 0.3) is 0 Å². The lowest BCUT2D eigenvalue weighted by Crippen LogP contribution is -2.32. The third-order valence-corrected chi connectivity index (χ3v) is 5.00. The summed E-state index contributed by atoms with van der Waals surface area (Å²) in [4.78, 5) is 14.9. The smallest absolute Gasteiger partial charge is 0.246 e. The van der Waals surface area contributed by atoms with Crippen LogP contribution in [0, 0.1) is 13.8 Å². The second kappa shape index (κ2) is 8.26. The van der Waals surface area contributed by atoms with Gasteiger partial charge in [-0.25, -0.2) is 0 Å². The summed E-state index contributed by atoms with van der Waals surface area (Å²) in [6.07, 6.45) is 3.88. The van der Waals surface area contributed by atoms with E-state index in [4.69, 9.17) is 0 Å². The summed E-state index contributed by atoms with van der Waals surface area (Å²) in [6, 6.07) is 14.1. The average molecular weight is 351 g/mol. The quantitative estimate of drug-likeness (QED) is 0.818. The standard InChI is InChI=1S/C22H29N3O/c1-16-7-12-21(17(2)15-16)24-22(26)18(3)23-19-8-10-20(11-9-19)25-13-5-4-6-14-25/h7-12,15,18,23H,4-6,13-14H2,1-3H3,(H,24,26). The highest BCUT2D eigenvalue weighted by Crippen LogP contribution is 2.22. The van der Waals surface area contributed by atoms with Gasteiger partial charge in [-0.15, -0.1) is 0 Å². The van der Waals surface area contributed by atoms with E-state index in [-0.39, 0.29) is 11.9 Å². The van der Waals surface area contributed by atoms with Crippen LogP contribution in [-0.4, -0.2) is 25.0 Å². The maximum absolute atomic E-state index is 12.5. The van der Waals surface area contributed by atoms with E-state index >= 15 is 0 Å². The van der Waals surface area contributed by atoms with Gasteiger partial charge in [0.15, 0.2) is 0 Å². The number of carbonyl (C=O) groups is 1. The molecule has 3 rings (SSSR count). The highest BCUT2D eigenvalue weighted by molar-refractivity contribution is 5.96. The number of benzene rings is 2. The Bertz CT molecular complexity index is 748. The molecule has 1 amide bonds. The van der Waals surface area contributed by atoms with Crippen molar-refractivity contribution in [2.75, 3.05) is 28.6 Å². The summed E-state index contributed by atoms with van der Waals surface area (Å²) < 4.78 is 0.